The van der Waals surface area contributed by atoms with Gasteiger partial charge >= 0.3 is 0 Å². The van der Waals surface area contributed by atoms with E-state index in [1.165, 1.54) is 6.20 Å². The largest absolute Gasteiger partial charge is 0.397 e. The third-order valence-electron chi connectivity index (χ3n) is 3.61. The summed E-state index contributed by atoms with van der Waals surface area (Å²) in [5, 5.41) is 2.89. The van der Waals surface area contributed by atoms with Crippen LogP contribution in [0.25, 0.3) is 0 Å². The van der Waals surface area contributed by atoms with Gasteiger partial charge in [-0.3, -0.25) is 4.79 Å². The standard InChI is InChI=1S/C15H14BrN3O/c16-12-8-11(17)9-18-13(12)19-14(20)15(6-7-15)10-4-2-1-3-5-10/h1-5,8-9H,6-7,17H2,(H,18,19,20). The van der Waals surface area contributed by atoms with E-state index in [9.17, 15) is 4.79 Å². The molecule has 0 radical (unpaired) electrons. The highest BCUT2D eigenvalue weighted by molar-refractivity contribution is 9.10. The van der Waals surface area contributed by atoms with Crippen molar-refractivity contribution in [3.8, 4) is 0 Å². The lowest BCUT2D eigenvalue weighted by atomic mass is 9.95. The van der Waals surface area contributed by atoms with E-state index in [4.69, 9.17) is 5.73 Å². The molecule has 0 aliphatic heterocycles. The van der Waals surface area contributed by atoms with Gasteiger partial charge in [0.15, 0.2) is 0 Å². The molecular weight excluding hydrogens is 318 g/mol. The molecule has 5 heteroatoms. The van der Waals surface area contributed by atoms with Gasteiger partial charge in [-0.1, -0.05) is 30.3 Å². The predicted molar refractivity (Wildman–Crippen MR) is 82.3 cm³/mol. The number of halogens is 1. The van der Waals surface area contributed by atoms with E-state index in [-0.39, 0.29) is 5.91 Å². The van der Waals surface area contributed by atoms with E-state index in [1.807, 2.05) is 30.3 Å². The van der Waals surface area contributed by atoms with Gasteiger partial charge in [-0.2, -0.15) is 0 Å². The molecule has 0 unspecified atom stereocenters. The maximum absolute atomic E-state index is 12.5. The average Bonchev–Trinajstić information content (AvgIpc) is 3.24. The van der Waals surface area contributed by atoms with Crippen molar-refractivity contribution < 1.29 is 4.79 Å². The molecule has 0 saturated heterocycles. The quantitative estimate of drug-likeness (QED) is 0.908. The normalized spacial score (nSPS) is 15.7. The molecule has 1 saturated carbocycles. The Balaban J connectivity index is 1.83. The Kier molecular flexibility index (Phi) is 3.22. The van der Waals surface area contributed by atoms with Crippen LogP contribution in [-0.2, 0) is 10.2 Å². The van der Waals surface area contributed by atoms with Crippen LogP contribution in [0.5, 0.6) is 0 Å². The summed E-state index contributed by atoms with van der Waals surface area (Å²) in [7, 11) is 0. The minimum Gasteiger partial charge on any atom is -0.397 e. The van der Waals surface area contributed by atoms with Crippen LogP contribution in [0.15, 0.2) is 47.1 Å². The smallest absolute Gasteiger partial charge is 0.236 e. The molecule has 0 bridgehead atoms. The molecule has 0 spiro atoms. The second-order valence-corrected chi connectivity index (χ2v) is 5.86. The number of aromatic nitrogens is 1. The van der Waals surface area contributed by atoms with Crippen LogP contribution < -0.4 is 11.1 Å². The number of nitrogen functional groups attached to an aromatic ring is 1. The van der Waals surface area contributed by atoms with Gasteiger partial charge in [-0.05, 0) is 40.4 Å². The zero-order valence-corrected chi connectivity index (χ0v) is 12.4. The van der Waals surface area contributed by atoms with Crippen LogP contribution >= 0.6 is 15.9 Å². The molecule has 0 atom stereocenters. The number of nitrogens with one attached hydrogen (secondary N) is 1. The topological polar surface area (TPSA) is 68.0 Å². The van der Waals surface area contributed by atoms with E-state index in [0.29, 0.717) is 16.0 Å². The monoisotopic (exact) mass is 331 g/mol. The van der Waals surface area contributed by atoms with Crippen molar-refractivity contribution in [1.82, 2.24) is 4.98 Å². The zero-order chi connectivity index (χ0) is 14.2. The van der Waals surface area contributed by atoms with Gasteiger partial charge in [0.25, 0.3) is 0 Å². The summed E-state index contributed by atoms with van der Waals surface area (Å²) in [5.74, 6) is 0.494. The first-order valence-corrected chi connectivity index (χ1v) is 7.19. The number of carbonyl (C=O) groups excluding carboxylic acids is 1. The summed E-state index contributed by atoms with van der Waals surface area (Å²) in [6.45, 7) is 0. The first kappa shape index (κ1) is 13.1. The maximum atomic E-state index is 12.5. The van der Waals surface area contributed by atoms with E-state index in [0.717, 1.165) is 18.4 Å². The molecule has 102 valence electrons. The van der Waals surface area contributed by atoms with Crippen LogP contribution in [0.4, 0.5) is 11.5 Å². The fourth-order valence-corrected chi connectivity index (χ4v) is 2.77. The lowest BCUT2D eigenvalue weighted by molar-refractivity contribution is -0.118. The SMILES string of the molecule is Nc1cnc(NC(=O)C2(c3ccccc3)CC2)c(Br)c1. The second kappa shape index (κ2) is 4.90. The summed E-state index contributed by atoms with van der Waals surface area (Å²) in [4.78, 5) is 16.7. The number of carbonyl (C=O) groups is 1. The third kappa shape index (κ3) is 2.29. The molecule has 1 heterocycles. The summed E-state index contributed by atoms with van der Waals surface area (Å²) in [6.07, 6.45) is 3.27. The third-order valence-corrected chi connectivity index (χ3v) is 4.21. The lowest BCUT2D eigenvalue weighted by Gasteiger charge is -2.16. The molecule has 1 amide bonds. The number of pyridine rings is 1. The van der Waals surface area contributed by atoms with Crippen molar-refractivity contribution in [2.45, 2.75) is 18.3 Å². The fraction of sp³-hybridized carbons (Fsp3) is 0.200. The molecular formula is C15H14BrN3O. The molecule has 1 fully saturated rings. The Labute approximate surface area is 125 Å². The number of rotatable bonds is 3. The van der Waals surface area contributed by atoms with Crippen LogP contribution in [0.3, 0.4) is 0 Å². The van der Waals surface area contributed by atoms with Crippen molar-refractivity contribution in [1.29, 1.82) is 0 Å². The predicted octanol–water partition coefficient (Wildman–Crippen LogP) is 3.10. The molecule has 3 N–H and O–H groups in total. The highest BCUT2D eigenvalue weighted by Gasteiger charge is 2.51. The molecule has 1 aromatic carbocycles. The molecule has 20 heavy (non-hydrogen) atoms. The van der Waals surface area contributed by atoms with E-state index in [2.05, 4.69) is 26.2 Å². The maximum Gasteiger partial charge on any atom is 0.236 e. The first-order chi connectivity index (χ1) is 9.62. The molecule has 1 aliphatic rings. The van der Waals surface area contributed by atoms with Gasteiger partial charge in [0.1, 0.15) is 5.82 Å². The highest BCUT2D eigenvalue weighted by atomic mass is 79.9. The van der Waals surface area contributed by atoms with Gasteiger partial charge in [-0.25, -0.2) is 4.98 Å². The van der Waals surface area contributed by atoms with E-state index in [1.54, 1.807) is 6.07 Å². The molecule has 2 aromatic rings. The van der Waals surface area contributed by atoms with Crippen molar-refractivity contribution >= 4 is 33.3 Å². The molecule has 4 nitrogen and oxygen atoms in total. The number of hydrogen-bond acceptors (Lipinski definition) is 3. The fourth-order valence-electron chi connectivity index (χ4n) is 2.30. The van der Waals surface area contributed by atoms with Crippen LogP contribution in [0, 0.1) is 0 Å². The van der Waals surface area contributed by atoms with E-state index >= 15 is 0 Å². The van der Waals surface area contributed by atoms with Gasteiger partial charge in [-0.15, -0.1) is 0 Å². The second-order valence-electron chi connectivity index (χ2n) is 5.00. The van der Waals surface area contributed by atoms with Gasteiger partial charge < -0.3 is 11.1 Å². The zero-order valence-electron chi connectivity index (χ0n) is 10.8. The summed E-state index contributed by atoms with van der Waals surface area (Å²) >= 11 is 3.36. The van der Waals surface area contributed by atoms with Crippen molar-refractivity contribution in [2.24, 2.45) is 0 Å². The lowest BCUT2D eigenvalue weighted by Crippen LogP contribution is -2.28. The minimum absolute atomic E-state index is 0.0123. The van der Waals surface area contributed by atoms with Crippen molar-refractivity contribution in [3.05, 3.63) is 52.6 Å². The Bertz CT molecular complexity index is 653. The van der Waals surface area contributed by atoms with E-state index < -0.39 is 5.41 Å². The summed E-state index contributed by atoms with van der Waals surface area (Å²) in [5.41, 5.74) is 6.86. The van der Waals surface area contributed by atoms with Crippen LogP contribution in [0.1, 0.15) is 18.4 Å². The average molecular weight is 332 g/mol. The number of amides is 1. The van der Waals surface area contributed by atoms with Crippen molar-refractivity contribution in [2.75, 3.05) is 11.1 Å². The number of benzene rings is 1. The summed E-state index contributed by atoms with van der Waals surface area (Å²) < 4.78 is 0.690. The van der Waals surface area contributed by atoms with Crippen LogP contribution in [-0.4, -0.2) is 10.9 Å². The van der Waals surface area contributed by atoms with Gasteiger partial charge in [0.05, 0.1) is 21.8 Å². The number of nitrogens with zero attached hydrogens (tertiary/aromatic N) is 1. The van der Waals surface area contributed by atoms with Gasteiger partial charge in [0, 0.05) is 0 Å². The Hall–Kier alpha value is -1.88. The molecule has 3 rings (SSSR count). The number of anilines is 2. The Morgan fingerprint density at radius 2 is 2.00 bits per heavy atom. The molecule has 1 aliphatic carbocycles. The Morgan fingerprint density at radius 1 is 1.30 bits per heavy atom. The number of nitrogens with two attached hydrogens (primary N) is 1. The minimum atomic E-state index is -0.399. The highest BCUT2D eigenvalue weighted by Crippen LogP contribution is 2.49. The number of hydrogen-bond donors (Lipinski definition) is 2. The van der Waals surface area contributed by atoms with Crippen LogP contribution in [0.2, 0.25) is 0 Å². The van der Waals surface area contributed by atoms with Gasteiger partial charge in [0.2, 0.25) is 5.91 Å². The Morgan fingerprint density at radius 3 is 2.60 bits per heavy atom. The first-order valence-electron chi connectivity index (χ1n) is 6.40. The van der Waals surface area contributed by atoms with Crippen molar-refractivity contribution in [3.63, 3.8) is 0 Å². The summed E-state index contributed by atoms with van der Waals surface area (Å²) in [6, 6.07) is 11.6. The molecule has 1 aromatic heterocycles.